The second-order valence-corrected chi connectivity index (χ2v) is 7.68. The highest BCUT2D eigenvalue weighted by Gasteiger charge is 2.07. The van der Waals surface area contributed by atoms with E-state index in [1.54, 1.807) is 17.1 Å². The first-order chi connectivity index (χ1) is 14.0. The summed E-state index contributed by atoms with van der Waals surface area (Å²) in [5, 5.41) is 7.67. The number of halogens is 1. The predicted molar refractivity (Wildman–Crippen MR) is 115 cm³/mol. The number of ether oxygens (including phenoxy) is 1. The summed E-state index contributed by atoms with van der Waals surface area (Å²) < 4.78 is 7.62. The van der Waals surface area contributed by atoms with Crippen LogP contribution < -0.4 is 10.1 Å². The summed E-state index contributed by atoms with van der Waals surface area (Å²) in [7, 11) is 0. The molecule has 0 saturated heterocycles. The number of hydrogen-bond acceptors (Lipinski definition) is 3. The van der Waals surface area contributed by atoms with Crippen LogP contribution in [0.25, 0.3) is 0 Å². The molecule has 0 aliphatic rings. The van der Waals surface area contributed by atoms with E-state index in [1.165, 1.54) is 5.56 Å². The van der Waals surface area contributed by atoms with Crippen LogP contribution in [-0.4, -0.2) is 22.2 Å². The SMILES string of the molecule is CC(C)c1ccc(OCc2cccc(C(=O)NCCCn3cc(Cl)cn3)c2)cc1. The zero-order valence-corrected chi connectivity index (χ0v) is 17.5. The molecular formula is C23H26ClN3O2. The number of carbonyl (C=O) groups excluding carboxylic acids is 1. The van der Waals surface area contributed by atoms with Gasteiger partial charge in [-0.05, 0) is 47.7 Å². The summed E-state index contributed by atoms with van der Waals surface area (Å²) in [4.78, 5) is 12.4. The lowest BCUT2D eigenvalue weighted by molar-refractivity contribution is 0.0952. The maximum Gasteiger partial charge on any atom is 0.251 e. The lowest BCUT2D eigenvalue weighted by Crippen LogP contribution is -2.25. The molecule has 5 nitrogen and oxygen atoms in total. The van der Waals surface area contributed by atoms with Gasteiger partial charge in [-0.1, -0.05) is 49.7 Å². The Hall–Kier alpha value is -2.79. The topological polar surface area (TPSA) is 56.1 Å². The molecule has 1 aromatic heterocycles. The van der Waals surface area contributed by atoms with Crippen LogP contribution in [0.15, 0.2) is 60.9 Å². The standard InChI is InChI=1S/C23H26ClN3O2/c1-17(2)19-7-9-22(10-8-19)29-16-18-5-3-6-20(13-18)23(28)25-11-4-12-27-15-21(24)14-26-27/h3,5-10,13-15,17H,4,11-12,16H2,1-2H3,(H,25,28). The number of nitrogens with one attached hydrogen (secondary N) is 1. The van der Waals surface area contributed by atoms with Gasteiger partial charge in [-0.3, -0.25) is 9.48 Å². The number of aromatic nitrogens is 2. The Balaban J connectivity index is 1.47. The average molecular weight is 412 g/mol. The van der Waals surface area contributed by atoms with Crippen molar-refractivity contribution >= 4 is 17.5 Å². The molecule has 1 N–H and O–H groups in total. The number of rotatable bonds is 9. The third kappa shape index (κ3) is 6.36. The Labute approximate surface area is 176 Å². The van der Waals surface area contributed by atoms with Crippen LogP contribution in [0.5, 0.6) is 5.75 Å². The molecule has 0 spiro atoms. The van der Waals surface area contributed by atoms with E-state index in [-0.39, 0.29) is 5.91 Å². The van der Waals surface area contributed by atoms with E-state index in [1.807, 2.05) is 36.4 Å². The van der Waals surface area contributed by atoms with Gasteiger partial charge in [0.2, 0.25) is 0 Å². The van der Waals surface area contributed by atoms with Crippen LogP contribution in [0.3, 0.4) is 0 Å². The first kappa shape index (κ1) is 20.9. The number of benzene rings is 2. The van der Waals surface area contributed by atoms with Crippen LogP contribution in [0.2, 0.25) is 5.02 Å². The van der Waals surface area contributed by atoms with Gasteiger partial charge in [0.05, 0.1) is 11.2 Å². The summed E-state index contributed by atoms with van der Waals surface area (Å²) in [6, 6.07) is 15.6. The Morgan fingerprint density at radius 3 is 2.69 bits per heavy atom. The van der Waals surface area contributed by atoms with Crippen LogP contribution >= 0.6 is 11.6 Å². The molecule has 1 amide bonds. The summed E-state index contributed by atoms with van der Waals surface area (Å²) in [6.45, 7) is 6.02. The van der Waals surface area contributed by atoms with E-state index in [0.29, 0.717) is 36.2 Å². The molecule has 0 saturated carbocycles. The van der Waals surface area contributed by atoms with E-state index < -0.39 is 0 Å². The molecule has 0 aliphatic carbocycles. The van der Waals surface area contributed by atoms with Gasteiger partial charge < -0.3 is 10.1 Å². The van der Waals surface area contributed by atoms with Gasteiger partial charge in [0, 0.05) is 24.8 Å². The molecule has 0 aliphatic heterocycles. The second-order valence-electron chi connectivity index (χ2n) is 7.24. The highest BCUT2D eigenvalue weighted by atomic mass is 35.5. The first-order valence-electron chi connectivity index (χ1n) is 9.79. The quantitative estimate of drug-likeness (QED) is 0.501. The minimum Gasteiger partial charge on any atom is -0.489 e. The molecule has 0 atom stereocenters. The van der Waals surface area contributed by atoms with Gasteiger partial charge in [0.1, 0.15) is 12.4 Å². The molecule has 0 radical (unpaired) electrons. The van der Waals surface area contributed by atoms with Crippen molar-refractivity contribution in [2.75, 3.05) is 6.54 Å². The average Bonchev–Trinajstić information content (AvgIpc) is 3.15. The second kappa shape index (κ2) is 10.1. The fraction of sp³-hybridized carbons (Fsp3) is 0.304. The van der Waals surface area contributed by atoms with Crippen molar-refractivity contribution in [3.05, 3.63) is 82.6 Å². The van der Waals surface area contributed by atoms with Crippen molar-refractivity contribution in [2.24, 2.45) is 0 Å². The largest absolute Gasteiger partial charge is 0.489 e. The smallest absolute Gasteiger partial charge is 0.251 e. The monoisotopic (exact) mass is 411 g/mol. The van der Waals surface area contributed by atoms with Crippen LogP contribution in [-0.2, 0) is 13.2 Å². The fourth-order valence-electron chi connectivity index (χ4n) is 2.92. The van der Waals surface area contributed by atoms with Crippen molar-refractivity contribution in [3.63, 3.8) is 0 Å². The predicted octanol–water partition coefficient (Wildman–Crippen LogP) is 5.06. The van der Waals surface area contributed by atoms with E-state index in [9.17, 15) is 4.79 Å². The van der Waals surface area contributed by atoms with Crippen LogP contribution in [0, 0.1) is 0 Å². The van der Waals surface area contributed by atoms with Gasteiger partial charge in [0.25, 0.3) is 5.91 Å². The number of hydrogen-bond donors (Lipinski definition) is 1. The molecule has 2 aromatic carbocycles. The maximum absolute atomic E-state index is 12.4. The van der Waals surface area contributed by atoms with Crippen LogP contribution in [0.4, 0.5) is 0 Å². The Kier molecular flexibility index (Phi) is 7.30. The highest BCUT2D eigenvalue weighted by Crippen LogP contribution is 2.19. The van der Waals surface area contributed by atoms with E-state index >= 15 is 0 Å². The van der Waals surface area contributed by atoms with Crippen molar-refractivity contribution in [1.82, 2.24) is 15.1 Å². The molecule has 0 bridgehead atoms. The Morgan fingerprint density at radius 1 is 1.21 bits per heavy atom. The molecule has 0 unspecified atom stereocenters. The number of amides is 1. The number of carbonyl (C=O) groups is 1. The van der Waals surface area contributed by atoms with Gasteiger partial charge >= 0.3 is 0 Å². The first-order valence-corrected chi connectivity index (χ1v) is 10.2. The lowest BCUT2D eigenvalue weighted by atomic mass is 10.0. The Bertz CT molecular complexity index is 935. The molecule has 152 valence electrons. The van der Waals surface area contributed by atoms with Crippen molar-refractivity contribution < 1.29 is 9.53 Å². The summed E-state index contributed by atoms with van der Waals surface area (Å²) in [5.41, 5.74) is 2.87. The molecule has 6 heteroatoms. The number of nitrogens with zero attached hydrogens (tertiary/aromatic N) is 2. The van der Waals surface area contributed by atoms with Gasteiger partial charge in [0.15, 0.2) is 0 Å². The van der Waals surface area contributed by atoms with E-state index in [4.69, 9.17) is 16.3 Å². The summed E-state index contributed by atoms with van der Waals surface area (Å²) in [6.07, 6.45) is 4.15. The zero-order chi connectivity index (χ0) is 20.6. The minimum absolute atomic E-state index is 0.0911. The van der Waals surface area contributed by atoms with Crippen molar-refractivity contribution in [3.8, 4) is 5.75 Å². The van der Waals surface area contributed by atoms with Gasteiger partial charge in [-0.2, -0.15) is 5.10 Å². The van der Waals surface area contributed by atoms with Gasteiger partial charge in [-0.15, -0.1) is 0 Å². The van der Waals surface area contributed by atoms with Gasteiger partial charge in [-0.25, -0.2) is 0 Å². The maximum atomic E-state index is 12.4. The Morgan fingerprint density at radius 2 is 2.00 bits per heavy atom. The fourth-order valence-corrected chi connectivity index (χ4v) is 3.08. The van der Waals surface area contributed by atoms with E-state index in [2.05, 4.69) is 36.4 Å². The summed E-state index contributed by atoms with van der Waals surface area (Å²) >= 11 is 5.84. The molecule has 3 aromatic rings. The minimum atomic E-state index is -0.0911. The zero-order valence-electron chi connectivity index (χ0n) is 16.8. The van der Waals surface area contributed by atoms with Crippen molar-refractivity contribution in [1.29, 1.82) is 0 Å². The van der Waals surface area contributed by atoms with Crippen LogP contribution in [0.1, 0.15) is 47.7 Å². The van der Waals surface area contributed by atoms with E-state index in [0.717, 1.165) is 17.7 Å². The number of aryl methyl sites for hydroxylation is 1. The normalized spacial score (nSPS) is 10.9. The third-order valence-corrected chi connectivity index (χ3v) is 4.79. The molecule has 3 rings (SSSR count). The lowest BCUT2D eigenvalue weighted by Gasteiger charge is -2.10. The molecule has 29 heavy (non-hydrogen) atoms. The highest BCUT2D eigenvalue weighted by molar-refractivity contribution is 6.30. The molecule has 0 fully saturated rings. The third-order valence-electron chi connectivity index (χ3n) is 4.59. The molecule has 1 heterocycles. The van der Waals surface area contributed by atoms with Crippen molar-refractivity contribution in [2.45, 2.75) is 39.3 Å². The summed E-state index contributed by atoms with van der Waals surface area (Å²) in [5.74, 6) is 1.23. The molecular weight excluding hydrogens is 386 g/mol.